The molecule has 0 spiro atoms. The van der Waals surface area contributed by atoms with Crippen molar-refractivity contribution in [1.82, 2.24) is 14.8 Å². The van der Waals surface area contributed by atoms with Crippen LogP contribution in [-0.4, -0.2) is 28.0 Å². The Morgan fingerprint density at radius 2 is 2.00 bits per heavy atom. The van der Waals surface area contributed by atoms with Gasteiger partial charge in [-0.2, -0.15) is 5.10 Å². The van der Waals surface area contributed by atoms with Crippen LogP contribution in [0.1, 0.15) is 37.4 Å². The molecule has 1 fully saturated rings. The number of aromatic nitrogens is 3. The van der Waals surface area contributed by atoms with Gasteiger partial charge in [0.15, 0.2) is 0 Å². The molecular weight excluding hydrogens is 428 g/mol. The Balaban J connectivity index is 1.58. The number of pyridine rings is 1. The fourth-order valence-electron chi connectivity index (χ4n) is 3.63. The number of hydrogen-bond acceptors (Lipinski definition) is 5. The van der Waals surface area contributed by atoms with Gasteiger partial charge in [-0.1, -0.05) is 23.2 Å². The zero-order valence-electron chi connectivity index (χ0n) is 16.4. The third-order valence-corrected chi connectivity index (χ3v) is 6.02. The zero-order valence-corrected chi connectivity index (χ0v) is 17.9. The summed E-state index contributed by atoms with van der Waals surface area (Å²) < 4.78 is 21.3. The van der Waals surface area contributed by atoms with E-state index in [4.69, 9.17) is 33.7 Å². The van der Waals surface area contributed by atoms with Gasteiger partial charge < -0.3 is 15.8 Å². The number of halogens is 3. The van der Waals surface area contributed by atoms with Crippen LogP contribution in [0.3, 0.4) is 0 Å². The van der Waals surface area contributed by atoms with Crippen LogP contribution in [0.4, 0.5) is 15.9 Å². The van der Waals surface area contributed by atoms with Crippen LogP contribution < -0.4 is 11.1 Å². The first-order valence-electron chi connectivity index (χ1n) is 9.71. The van der Waals surface area contributed by atoms with Gasteiger partial charge in [0.2, 0.25) is 0 Å². The lowest BCUT2D eigenvalue weighted by Gasteiger charge is -2.22. The highest BCUT2D eigenvalue weighted by Crippen LogP contribution is 2.35. The van der Waals surface area contributed by atoms with Crippen LogP contribution in [0.5, 0.6) is 0 Å². The molecule has 0 unspecified atom stereocenters. The predicted molar refractivity (Wildman–Crippen MR) is 117 cm³/mol. The highest BCUT2D eigenvalue weighted by Gasteiger charge is 2.20. The molecule has 0 aliphatic carbocycles. The molecule has 2 aromatic heterocycles. The van der Waals surface area contributed by atoms with Gasteiger partial charge >= 0.3 is 0 Å². The van der Waals surface area contributed by atoms with E-state index in [1.54, 1.807) is 6.20 Å². The first kappa shape index (κ1) is 20.9. The van der Waals surface area contributed by atoms with E-state index < -0.39 is 5.82 Å². The molecule has 3 N–H and O–H groups in total. The fraction of sp³-hybridized carbons (Fsp3) is 0.333. The topological polar surface area (TPSA) is 78.0 Å². The maximum Gasteiger partial charge on any atom is 0.146 e. The monoisotopic (exact) mass is 449 g/mol. The van der Waals surface area contributed by atoms with E-state index in [-0.39, 0.29) is 11.1 Å². The molecule has 9 heteroatoms. The largest absolute Gasteiger partial charge is 0.382 e. The summed E-state index contributed by atoms with van der Waals surface area (Å²) in [6, 6.07) is 4.58. The summed E-state index contributed by atoms with van der Waals surface area (Å²) in [4.78, 5) is 4.30. The third-order valence-electron chi connectivity index (χ3n) is 5.30. The minimum atomic E-state index is -0.523. The molecule has 3 heterocycles. The number of hydrogen-bond donors (Lipinski definition) is 2. The molecule has 158 valence electrons. The summed E-state index contributed by atoms with van der Waals surface area (Å²) in [7, 11) is 0. The van der Waals surface area contributed by atoms with E-state index >= 15 is 0 Å². The van der Waals surface area contributed by atoms with Gasteiger partial charge in [-0.25, -0.2) is 9.37 Å². The molecule has 0 radical (unpaired) electrons. The van der Waals surface area contributed by atoms with Gasteiger partial charge in [0.05, 0.1) is 29.0 Å². The summed E-state index contributed by atoms with van der Waals surface area (Å²) in [5.74, 6) is -0.198. The fourth-order valence-corrected chi connectivity index (χ4v) is 4.33. The van der Waals surface area contributed by atoms with Crippen molar-refractivity contribution >= 4 is 34.7 Å². The number of anilines is 2. The smallest absolute Gasteiger partial charge is 0.146 e. The third kappa shape index (κ3) is 4.24. The molecule has 3 aromatic rings. The lowest BCUT2D eigenvalue weighted by Crippen LogP contribution is -2.19. The molecular formula is C21H22Cl2FN5O. The van der Waals surface area contributed by atoms with E-state index in [9.17, 15) is 4.39 Å². The summed E-state index contributed by atoms with van der Waals surface area (Å²) in [6.07, 6.45) is 7.42. The Morgan fingerprint density at radius 1 is 1.23 bits per heavy atom. The summed E-state index contributed by atoms with van der Waals surface area (Å²) >= 11 is 12.4. The van der Waals surface area contributed by atoms with Crippen molar-refractivity contribution in [2.45, 2.75) is 31.8 Å². The number of rotatable bonds is 5. The average Bonchev–Trinajstić information content (AvgIpc) is 3.24. The lowest BCUT2D eigenvalue weighted by atomic mass is 10.1. The predicted octanol–water partition coefficient (Wildman–Crippen LogP) is 5.50. The van der Waals surface area contributed by atoms with Crippen LogP contribution in [-0.2, 0) is 4.74 Å². The number of nitrogen functional groups attached to an aromatic ring is 1. The van der Waals surface area contributed by atoms with Crippen LogP contribution in [0, 0.1) is 5.82 Å². The van der Waals surface area contributed by atoms with Gasteiger partial charge in [-0.3, -0.25) is 4.68 Å². The molecule has 1 saturated heterocycles. The van der Waals surface area contributed by atoms with E-state index in [1.807, 2.05) is 30.1 Å². The number of ether oxygens (including phenoxy) is 1. The molecule has 1 aliphatic rings. The van der Waals surface area contributed by atoms with E-state index in [2.05, 4.69) is 15.4 Å². The number of benzene rings is 1. The van der Waals surface area contributed by atoms with Crippen molar-refractivity contribution in [3.05, 3.63) is 58.2 Å². The van der Waals surface area contributed by atoms with Crippen molar-refractivity contribution < 1.29 is 9.13 Å². The van der Waals surface area contributed by atoms with E-state index in [0.717, 1.165) is 37.2 Å². The Morgan fingerprint density at radius 3 is 2.77 bits per heavy atom. The quantitative estimate of drug-likeness (QED) is 0.502. The van der Waals surface area contributed by atoms with Gasteiger partial charge in [0, 0.05) is 47.3 Å². The van der Waals surface area contributed by atoms with Crippen molar-refractivity contribution in [3.8, 4) is 11.1 Å². The van der Waals surface area contributed by atoms with Crippen LogP contribution in [0.2, 0.25) is 10.0 Å². The number of nitrogens with one attached hydrogen (secondary N) is 1. The SMILES string of the molecule is C[C@@H](Nc1cc(-c2cnn(C3CCOCC3)c2)cnc1N)c1c(Cl)ccc(F)c1Cl. The number of nitrogens with zero attached hydrogens (tertiary/aromatic N) is 3. The van der Waals surface area contributed by atoms with Crippen molar-refractivity contribution in [2.24, 2.45) is 0 Å². The molecule has 0 saturated carbocycles. The first-order valence-corrected chi connectivity index (χ1v) is 10.5. The molecule has 0 amide bonds. The Labute approximate surface area is 184 Å². The minimum Gasteiger partial charge on any atom is -0.382 e. The summed E-state index contributed by atoms with van der Waals surface area (Å²) in [5, 5.41) is 8.13. The second-order valence-corrected chi connectivity index (χ2v) is 8.12. The summed E-state index contributed by atoms with van der Waals surface area (Å²) in [6.45, 7) is 3.34. The standard InChI is InChI=1S/C21H22Cl2FN5O/c1-12(19-16(22)2-3-17(24)20(19)23)28-18-8-13(9-26-21(18)25)14-10-27-29(11-14)15-4-6-30-7-5-15/h2-3,8-12,15,28H,4-7H2,1H3,(H2,25,26)/t12-/m1/s1. The highest BCUT2D eigenvalue weighted by atomic mass is 35.5. The maximum absolute atomic E-state index is 13.9. The van der Waals surface area contributed by atoms with Gasteiger partial charge in [0.1, 0.15) is 11.6 Å². The molecule has 1 aliphatic heterocycles. The Bertz CT molecular complexity index is 1050. The Kier molecular flexibility index (Phi) is 6.13. The molecule has 0 bridgehead atoms. The lowest BCUT2D eigenvalue weighted by molar-refractivity contribution is 0.0662. The summed E-state index contributed by atoms with van der Waals surface area (Å²) in [5.41, 5.74) is 8.95. The van der Waals surface area contributed by atoms with Crippen molar-refractivity contribution in [2.75, 3.05) is 24.3 Å². The van der Waals surface area contributed by atoms with Crippen LogP contribution in [0.15, 0.2) is 36.8 Å². The second-order valence-electron chi connectivity index (χ2n) is 7.33. The van der Waals surface area contributed by atoms with Crippen LogP contribution in [0.25, 0.3) is 11.1 Å². The second kappa shape index (κ2) is 8.79. The van der Waals surface area contributed by atoms with Gasteiger partial charge in [-0.05, 0) is 38.0 Å². The van der Waals surface area contributed by atoms with Gasteiger partial charge in [0.25, 0.3) is 0 Å². The minimum absolute atomic E-state index is 0.0112. The molecule has 6 nitrogen and oxygen atoms in total. The Hall–Kier alpha value is -2.35. The molecule has 1 atom stereocenters. The number of nitrogens with two attached hydrogens (primary N) is 1. The van der Waals surface area contributed by atoms with E-state index in [0.29, 0.717) is 28.1 Å². The van der Waals surface area contributed by atoms with Gasteiger partial charge in [-0.15, -0.1) is 0 Å². The van der Waals surface area contributed by atoms with Crippen molar-refractivity contribution in [3.63, 3.8) is 0 Å². The average molecular weight is 450 g/mol. The highest BCUT2D eigenvalue weighted by molar-refractivity contribution is 6.36. The zero-order chi connectivity index (χ0) is 21.3. The first-order chi connectivity index (χ1) is 14.4. The van der Waals surface area contributed by atoms with Crippen molar-refractivity contribution in [1.29, 1.82) is 0 Å². The maximum atomic E-state index is 13.9. The molecule has 30 heavy (non-hydrogen) atoms. The normalized spacial score (nSPS) is 15.9. The molecule has 1 aromatic carbocycles. The van der Waals surface area contributed by atoms with E-state index in [1.165, 1.54) is 12.1 Å². The van der Waals surface area contributed by atoms with Crippen LogP contribution >= 0.6 is 23.2 Å². The molecule has 4 rings (SSSR count).